The van der Waals surface area contributed by atoms with E-state index in [0.29, 0.717) is 17.1 Å². The standard InChI is InChI=1S/C18H20N4O3/c1-12(19-13(2)23)17(24)20-15-9-6-10-16(11-15)22-18(25)21-14-7-4-3-5-8-14/h3-12H,1-2H3,(H,19,23)(H,20,24)(H2,21,22,25)/t12-/m1/s1. The highest BCUT2D eigenvalue weighted by molar-refractivity contribution is 6.01. The van der Waals surface area contributed by atoms with Crippen molar-refractivity contribution in [2.45, 2.75) is 19.9 Å². The summed E-state index contributed by atoms with van der Waals surface area (Å²) in [6.45, 7) is 2.94. The predicted molar refractivity (Wildman–Crippen MR) is 97.4 cm³/mol. The van der Waals surface area contributed by atoms with Crippen molar-refractivity contribution in [3.05, 3.63) is 54.6 Å². The van der Waals surface area contributed by atoms with Crippen molar-refractivity contribution in [2.75, 3.05) is 16.0 Å². The number of hydrogen-bond donors (Lipinski definition) is 4. The summed E-state index contributed by atoms with van der Waals surface area (Å²) in [6, 6.07) is 14.7. The van der Waals surface area contributed by atoms with Crippen LogP contribution in [-0.4, -0.2) is 23.9 Å². The molecular formula is C18H20N4O3. The Kier molecular flexibility index (Phi) is 6.11. The van der Waals surface area contributed by atoms with Gasteiger partial charge in [0.2, 0.25) is 11.8 Å². The van der Waals surface area contributed by atoms with Gasteiger partial charge in [0.25, 0.3) is 0 Å². The Labute approximate surface area is 145 Å². The molecule has 4 N–H and O–H groups in total. The highest BCUT2D eigenvalue weighted by atomic mass is 16.2. The number of rotatable bonds is 5. The molecule has 25 heavy (non-hydrogen) atoms. The average Bonchev–Trinajstić information content (AvgIpc) is 2.55. The van der Waals surface area contributed by atoms with E-state index < -0.39 is 6.04 Å². The van der Waals surface area contributed by atoms with Crippen LogP contribution in [0, 0.1) is 0 Å². The van der Waals surface area contributed by atoms with E-state index in [1.54, 1.807) is 43.3 Å². The van der Waals surface area contributed by atoms with Crippen molar-refractivity contribution >= 4 is 34.9 Å². The topological polar surface area (TPSA) is 99.3 Å². The molecule has 0 aromatic heterocycles. The Morgan fingerprint density at radius 1 is 0.800 bits per heavy atom. The second-order valence-electron chi connectivity index (χ2n) is 5.44. The smallest absolute Gasteiger partial charge is 0.323 e. The molecule has 0 saturated heterocycles. The number of carbonyl (C=O) groups is 3. The third kappa shape index (κ3) is 5.98. The van der Waals surface area contributed by atoms with Gasteiger partial charge in [-0.05, 0) is 37.3 Å². The largest absolute Gasteiger partial charge is 0.345 e. The van der Waals surface area contributed by atoms with Crippen LogP contribution >= 0.6 is 0 Å². The molecule has 0 saturated carbocycles. The minimum Gasteiger partial charge on any atom is -0.345 e. The van der Waals surface area contributed by atoms with E-state index in [1.165, 1.54) is 6.92 Å². The number of anilines is 3. The lowest BCUT2D eigenvalue weighted by atomic mass is 10.2. The summed E-state index contributed by atoms with van der Waals surface area (Å²) in [5.41, 5.74) is 1.71. The van der Waals surface area contributed by atoms with Gasteiger partial charge in [0.05, 0.1) is 0 Å². The number of carbonyl (C=O) groups excluding carboxylic acids is 3. The van der Waals surface area contributed by atoms with E-state index in [0.717, 1.165) is 0 Å². The van der Waals surface area contributed by atoms with E-state index in [-0.39, 0.29) is 17.8 Å². The van der Waals surface area contributed by atoms with E-state index in [9.17, 15) is 14.4 Å². The second kappa shape index (κ2) is 8.49. The van der Waals surface area contributed by atoms with Crippen molar-refractivity contribution in [1.29, 1.82) is 0 Å². The molecule has 7 nitrogen and oxygen atoms in total. The van der Waals surface area contributed by atoms with E-state index in [1.807, 2.05) is 18.2 Å². The van der Waals surface area contributed by atoms with Crippen molar-refractivity contribution in [3.63, 3.8) is 0 Å². The fourth-order valence-electron chi connectivity index (χ4n) is 2.11. The van der Waals surface area contributed by atoms with E-state index >= 15 is 0 Å². The van der Waals surface area contributed by atoms with Crippen LogP contribution in [0.2, 0.25) is 0 Å². The van der Waals surface area contributed by atoms with Gasteiger partial charge in [-0.3, -0.25) is 9.59 Å². The number of para-hydroxylation sites is 1. The Morgan fingerprint density at radius 3 is 2.00 bits per heavy atom. The summed E-state index contributed by atoms with van der Waals surface area (Å²) < 4.78 is 0. The minimum atomic E-state index is -0.657. The number of urea groups is 1. The van der Waals surface area contributed by atoms with Crippen LogP contribution in [0.4, 0.5) is 21.9 Å². The molecule has 1 atom stereocenters. The van der Waals surface area contributed by atoms with Gasteiger partial charge in [-0.25, -0.2) is 4.79 Å². The molecule has 130 valence electrons. The molecule has 0 aliphatic carbocycles. The molecule has 0 radical (unpaired) electrons. The fourth-order valence-corrected chi connectivity index (χ4v) is 2.11. The SMILES string of the molecule is CC(=O)N[C@H](C)C(=O)Nc1cccc(NC(=O)Nc2ccccc2)c1. The van der Waals surface area contributed by atoms with Gasteiger partial charge < -0.3 is 21.3 Å². The molecule has 0 fully saturated rings. The molecule has 0 spiro atoms. The molecule has 4 amide bonds. The summed E-state index contributed by atoms with van der Waals surface area (Å²) in [5.74, 6) is -0.628. The van der Waals surface area contributed by atoms with Crippen LogP contribution in [-0.2, 0) is 9.59 Å². The molecule has 2 aromatic carbocycles. The number of nitrogens with one attached hydrogen (secondary N) is 4. The van der Waals surface area contributed by atoms with Crippen molar-refractivity contribution in [2.24, 2.45) is 0 Å². The third-order valence-corrected chi connectivity index (χ3v) is 3.23. The normalized spacial score (nSPS) is 11.1. The monoisotopic (exact) mass is 340 g/mol. The Balaban J connectivity index is 1.95. The van der Waals surface area contributed by atoms with Crippen molar-refractivity contribution in [3.8, 4) is 0 Å². The lowest BCUT2D eigenvalue weighted by Gasteiger charge is -2.14. The Bertz CT molecular complexity index is 762. The van der Waals surface area contributed by atoms with E-state index in [4.69, 9.17) is 0 Å². The summed E-state index contributed by atoms with van der Waals surface area (Å²) in [7, 11) is 0. The molecular weight excluding hydrogens is 320 g/mol. The van der Waals surface area contributed by atoms with Gasteiger partial charge in [-0.15, -0.1) is 0 Å². The van der Waals surface area contributed by atoms with Crippen LogP contribution in [0.25, 0.3) is 0 Å². The van der Waals surface area contributed by atoms with Crippen LogP contribution in [0.3, 0.4) is 0 Å². The predicted octanol–water partition coefficient (Wildman–Crippen LogP) is 2.79. The van der Waals surface area contributed by atoms with Gasteiger partial charge in [0, 0.05) is 24.0 Å². The maximum absolute atomic E-state index is 12.0. The fraction of sp³-hybridized carbons (Fsp3) is 0.167. The zero-order valence-corrected chi connectivity index (χ0v) is 14.0. The zero-order valence-electron chi connectivity index (χ0n) is 14.0. The summed E-state index contributed by atoms with van der Waals surface area (Å²) in [6.07, 6.45) is 0. The first-order valence-electron chi connectivity index (χ1n) is 7.75. The van der Waals surface area contributed by atoms with Crippen LogP contribution in [0.15, 0.2) is 54.6 Å². The van der Waals surface area contributed by atoms with E-state index in [2.05, 4.69) is 21.3 Å². The van der Waals surface area contributed by atoms with Gasteiger partial charge in [-0.2, -0.15) is 0 Å². The van der Waals surface area contributed by atoms with Crippen LogP contribution in [0.1, 0.15) is 13.8 Å². The maximum atomic E-state index is 12.0. The zero-order chi connectivity index (χ0) is 18.2. The van der Waals surface area contributed by atoms with Crippen LogP contribution < -0.4 is 21.3 Å². The molecule has 0 aliphatic rings. The molecule has 0 bridgehead atoms. The van der Waals surface area contributed by atoms with Crippen molar-refractivity contribution in [1.82, 2.24) is 5.32 Å². The maximum Gasteiger partial charge on any atom is 0.323 e. The number of amides is 4. The summed E-state index contributed by atoms with van der Waals surface area (Å²) in [4.78, 5) is 35.0. The first-order valence-corrected chi connectivity index (χ1v) is 7.75. The molecule has 0 heterocycles. The number of hydrogen-bond acceptors (Lipinski definition) is 3. The molecule has 0 aliphatic heterocycles. The van der Waals surface area contributed by atoms with Gasteiger partial charge in [0.1, 0.15) is 6.04 Å². The molecule has 2 rings (SSSR count). The number of benzene rings is 2. The Morgan fingerprint density at radius 2 is 1.36 bits per heavy atom. The summed E-state index contributed by atoms with van der Waals surface area (Å²) in [5, 5.41) is 10.6. The first-order chi connectivity index (χ1) is 11.9. The quantitative estimate of drug-likeness (QED) is 0.673. The molecule has 7 heteroatoms. The van der Waals surface area contributed by atoms with Gasteiger partial charge in [0.15, 0.2) is 0 Å². The highest BCUT2D eigenvalue weighted by Gasteiger charge is 2.14. The Hall–Kier alpha value is -3.35. The molecule has 2 aromatic rings. The minimum absolute atomic E-state index is 0.282. The highest BCUT2D eigenvalue weighted by Crippen LogP contribution is 2.16. The average molecular weight is 340 g/mol. The lowest BCUT2D eigenvalue weighted by Crippen LogP contribution is -2.40. The van der Waals surface area contributed by atoms with Gasteiger partial charge >= 0.3 is 6.03 Å². The summed E-state index contributed by atoms with van der Waals surface area (Å²) >= 11 is 0. The van der Waals surface area contributed by atoms with Crippen molar-refractivity contribution < 1.29 is 14.4 Å². The second-order valence-corrected chi connectivity index (χ2v) is 5.44. The lowest BCUT2D eigenvalue weighted by molar-refractivity contribution is -0.124. The third-order valence-electron chi connectivity index (χ3n) is 3.23. The first kappa shape index (κ1) is 18.0. The molecule has 0 unspecified atom stereocenters. The van der Waals surface area contributed by atoms with Gasteiger partial charge in [-0.1, -0.05) is 24.3 Å². The van der Waals surface area contributed by atoms with Crippen LogP contribution in [0.5, 0.6) is 0 Å².